The molecule has 1 heterocycles. The highest BCUT2D eigenvalue weighted by molar-refractivity contribution is 5.76. The molecule has 74 valence electrons. The predicted molar refractivity (Wildman–Crippen MR) is 52.8 cm³/mol. The van der Waals surface area contributed by atoms with Crippen molar-refractivity contribution in [3.05, 3.63) is 17.8 Å². The van der Waals surface area contributed by atoms with Crippen LogP contribution in [0.5, 0.6) is 5.75 Å². The average Bonchev–Trinajstić information content (AvgIpc) is 3.01. The molecule has 0 aromatic carbocycles. The molecule has 4 heteroatoms. The molecule has 1 saturated carbocycles. The van der Waals surface area contributed by atoms with Crippen LogP contribution in [0.25, 0.3) is 0 Å². The van der Waals surface area contributed by atoms with Gasteiger partial charge >= 0.3 is 0 Å². The molecule has 4 nitrogen and oxygen atoms in total. The number of aromatic nitrogens is 1. The number of rotatable bonds is 4. The fraction of sp³-hybridized carbons (Fsp3) is 0.400. The summed E-state index contributed by atoms with van der Waals surface area (Å²) < 4.78 is 5.61. The molecule has 14 heavy (non-hydrogen) atoms. The van der Waals surface area contributed by atoms with Gasteiger partial charge in [-0.2, -0.15) is 0 Å². The predicted octanol–water partition coefficient (Wildman–Crippen LogP) is 1.48. The summed E-state index contributed by atoms with van der Waals surface area (Å²) in [4.78, 5) is 14.6. The Balaban J connectivity index is 2.26. The zero-order valence-electron chi connectivity index (χ0n) is 7.99. The fourth-order valence-corrected chi connectivity index (χ4v) is 1.17. The third-order valence-electron chi connectivity index (χ3n) is 2.06. The van der Waals surface area contributed by atoms with Gasteiger partial charge in [-0.15, -0.1) is 0 Å². The highest BCUT2D eigenvalue weighted by Gasteiger charge is 2.24. The minimum Gasteiger partial charge on any atom is -0.487 e. The number of nitrogens with zero attached hydrogens (tertiary/aromatic N) is 1. The Hall–Kier alpha value is -1.58. The van der Waals surface area contributed by atoms with Crippen LogP contribution in [0.4, 0.5) is 5.82 Å². The lowest BCUT2D eigenvalue weighted by Crippen LogP contribution is -2.02. The lowest BCUT2D eigenvalue weighted by atomic mass is 10.3. The van der Waals surface area contributed by atoms with Gasteiger partial charge < -0.3 is 10.1 Å². The monoisotopic (exact) mass is 192 g/mol. The van der Waals surface area contributed by atoms with E-state index in [9.17, 15) is 4.79 Å². The van der Waals surface area contributed by atoms with Gasteiger partial charge in [0, 0.05) is 18.8 Å². The molecule has 1 fully saturated rings. The summed E-state index contributed by atoms with van der Waals surface area (Å²) in [6.07, 6.45) is 4.79. The number of hydrogen-bond acceptors (Lipinski definition) is 4. The van der Waals surface area contributed by atoms with Crippen molar-refractivity contribution in [1.82, 2.24) is 4.98 Å². The van der Waals surface area contributed by atoms with E-state index in [0.717, 1.165) is 19.1 Å². The lowest BCUT2D eigenvalue weighted by Gasteiger charge is -2.09. The number of anilines is 1. The first-order chi connectivity index (χ1) is 6.83. The van der Waals surface area contributed by atoms with E-state index in [-0.39, 0.29) is 0 Å². The first kappa shape index (κ1) is 8.99. The summed E-state index contributed by atoms with van der Waals surface area (Å²) in [5.74, 6) is 1.35. The van der Waals surface area contributed by atoms with E-state index in [4.69, 9.17) is 4.74 Å². The fourth-order valence-electron chi connectivity index (χ4n) is 1.17. The molecule has 0 amide bonds. The highest BCUT2D eigenvalue weighted by atomic mass is 16.5. The summed E-state index contributed by atoms with van der Waals surface area (Å²) in [6.45, 7) is 0. The van der Waals surface area contributed by atoms with E-state index in [0.29, 0.717) is 23.2 Å². The van der Waals surface area contributed by atoms with Gasteiger partial charge in [-0.25, -0.2) is 4.98 Å². The first-order valence-electron chi connectivity index (χ1n) is 4.63. The van der Waals surface area contributed by atoms with Crippen molar-refractivity contribution in [3.8, 4) is 5.75 Å². The van der Waals surface area contributed by atoms with Crippen LogP contribution >= 0.6 is 0 Å². The molecule has 2 rings (SSSR count). The molecule has 0 unspecified atom stereocenters. The SMILES string of the molecule is CNc1ncc(C=O)cc1OC1CC1. The molecule has 0 atom stereocenters. The summed E-state index contributed by atoms with van der Waals surface area (Å²) in [5, 5.41) is 2.93. The molecule has 0 saturated heterocycles. The Morgan fingerprint density at radius 1 is 1.64 bits per heavy atom. The zero-order valence-corrected chi connectivity index (χ0v) is 7.99. The Morgan fingerprint density at radius 2 is 2.43 bits per heavy atom. The van der Waals surface area contributed by atoms with E-state index in [1.807, 2.05) is 0 Å². The van der Waals surface area contributed by atoms with E-state index < -0.39 is 0 Å². The zero-order chi connectivity index (χ0) is 9.97. The standard InChI is InChI=1S/C10H12N2O2/c1-11-10-9(14-8-2-3-8)4-7(6-13)5-12-10/h4-6,8H,2-3H2,1H3,(H,11,12). The van der Waals surface area contributed by atoms with Crippen molar-refractivity contribution in [2.75, 3.05) is 12.4 Å². The van der Waals surface area contributed by atoms with Crippen LogP contribution in [0.1, 0.15) is 23.2 Å². The van der Waals surface area contributed by atoms with Gasteiger partial charge in [-0.3, -0.25) is 4.79 Å². The first-order valence-corrected chi connectivity index (χ1v) is 4.63. The van der Waals surface area contributed by atoms with E-state index in [1.165, 1.54) is 6.20 Å². The molecule has 1 N–H and O–H groups in total. The number of carbonyl (C=O) groups excluding carboxylic acids is 1. The third kappa shape index (κ3) is 1.84. The molecule has 0 bridgehead atoms. The van der Waals surface area contributed by atoms with Crippen LogP contribution in [0.2, 0.25) is 0 Å². The number of carbonyl (C=O) groups is 1. The molecule has 1 aliphatic rings. The van der Waals surface area contributed by atoms with E-state index >= 15 is 0 Å². The minimum atomic E-state index is 0.311. The second-order valence-corrected chi connectivity index (χ2v) is 3.30. The summed E-state index contributed by atoms with van der Waals surface area (Å²) in [6, 6.07) is 1.71. The van der Waals surface area contributed by atoms with E-state index in [1.54, 1.807) is 13.1 Å². The normalized spacial score (nSPS) is 14.9. The van der Waals surface area contributed by atoms with Crippen LogP contribution < -0.4 is 10.1 Å². The van der Waals surface area contributed by atoms with Gasteiger partial charge in [0.05, 0.1) is 6.10 Å². The van der Waals surface area contributed by atoms with Gasteiger partial charge in [-0.05, 0) is 18.9 Å². The molecule has 0 radical (unpaired) electrons. The second-order valence-electron chi connectivity index (χ2n) is 3.30. The molecule has 1 aromatic heterocycles. The minimum absolute atomic E-state index is 0.311. The Kier molecular flexibility index (Phi) is 2.35. The third-order valence-corrected chi connectivity index (χ3v) is 2.06. The van der Waals surface area contributed by atoms with Crippen molar-refractivity contribution in [3.63, 3.8) is 0 Å². The molecule has 1 aromatic rings. The topological polar surface area (TPSA) is 51.2 Å². The van der Waals surface area contributed by atoms with Crippen LogP contribution in [-0.2, 0) is 0 Å². The Labute approximate surface area is 82.3 Å². The van der Waals surface area contributed by atoms with Gasteiger partial charge in [0.25, 0.3) is 0 Å². The maximum Gasteiger partial charge on any atom is 0.168 e. The van der Waals surface area contributed by atoms with Crippen molar-refractivity contribution in [2.45, 2.75) is 18.9 Å². The smallest absolute Gasteiger partial charge is 0.168 e. The molecule has 0 spiro atoms. The van der Waals surface area contributed by atoms with Crippen LogP contribution in [0, 0.1) is 0 Å². The number of hydrogen-bond donors (Lipinski definition) is 1. The molecular weight excluding hydrogens is 180 g/mol. The molecule has 1 aliphatic carbocycles. The van der Waals surface area contributed by atoms with Crippen molar-refractivity contribution >= 4 is 12.1 Å². The average molecular weight is 192 g/mol. The molecule has 0 aliphatic heterocycles. The number of aldehydes is 1. The largest absolute Gasteiger partial charge is 0.487 e. The van der Waals surface area contributed by atoms with Gasteiger partial charge in [0.15, 0.2) is 17.9 Å². The Bertz CT molecular complexity index is 348. The van der Waals surface area contributed by atoms with Gasteiger partial charge in [0.2, 0.25) is 0 Å². The van der Waals surface area contributed by atoms with Crippen molar-refractivity contribution in [2.24, 2.45) is 0 Å². The summed E-state index contributed by atoms with van der Waals surface area (Å²) in [7, 11) is 1.78. The Morgan fingerprint density at radius 3 is 3.00 bits per heavy atom. The van der Waals surface area contributed by atoms with Crippen LogP contribution in [0.15, 0.2) is 12.3 Å². The summed E-state index contributed by atoms with van der Waals surface area (Å²) >= 11 is 0. The highest BCUT2D eigenvalue weighted by Crippen LogP contribution is 2.30. The number of nitrogens with one attached hydrogen (secondary N) is 1. The lowest BCUT2D eigenvalue weighted by molar-refractivity contribution is 0.112. The van der Waals surface area contributed by atoms with Crippen molar-refractivity contribution in [1.29, 1.82) is 0 Å². The van der Waals surface area contributed by atoms with Crippen LogP contribution in [0.3, 0.4) is 0 Å². The van der Waals surface area contributed by atoms with Gasteiger partial charge in [0.1, 0.15) is 0 Å². The molecular formula is C10H12N2O2. The number of pyridine rings is 1. The van der Waals surface area contributed by atoms with Crippen LogP contribution in [-0.4, -0.2) is 24.4 Å². The maximum atomic E-state index is 10.5. The van der Waals surface area contributed by atoms with E-state index in [2.05, 4.69) is 10.3 Å². The van der Waals surface area contributed by atoms with Crippen molar-refractivity contribution < 1.29 is 9.53 Å². The summed E-state index contributed by atoms with van der Waals surface area (Å²) in [5.41, 5.74) is 0.541. The van der Waals surface area contributed by atoms with Gasteiger partial charge in [-0.1, -0.05) is 0 Å². The maximum absolute atomic E-state index is 10.5. The second kappa shape index (κ2) is 3.65. The number of ether oxygens (including phenoxy) is 1. The quantitative estimate of drug-likeness (QED) is 0.734.